The lowest BCUT2D eigenvalue weighted by molar-refractivity contribution is 0.176. The van der Waals surface area contributed by atoms with Gasteiger partial charge in [-0.05, 0) is 6.42 Å². The molecule has 0 saturated heterocycles. The SMILES string of the molecule is CCCCCCCCCCCCCC(N)COC. The van der Waals surface area contributed by atoms with Crippen molar-refractivity contribution < 1.29 is 4.74 Å². The molecule has 2 nitrogen and oxygen atoms in total. The van der Waals surface area contributed by atoms with Crippen LogP contribution < -0.4 is 5.73 Å². The third kappa shape index (κ3) is 14.0. The summed E-state index contributed by atoms with van der Waals surface area (Å²) in [4.78, 5) is 0. The Labute approximate surface area is 115 Å². The predicted octanol–water partition coefficient (Wildman–Crippen LogP) is 4.66. The molecule has 0 aromatic carbocycles. The summed E-state index contributed by atoms with van der Waals surface area (Å²) in [7, 11) is 1.72. The predicted molar refractivity (Wildman–Crippen MR) is 80.9 cm³/mol. The van der Waals surface area contributed by atoms with Crippen molar-refractivity contribution in [1.82, 2.24) is 0 Å². The van der Waals surface area contributed by atoms with E-state index < -0.39 is 0 Å². The lowest BCUT2D eigenvalue weighted by atomic mass is 10.0. The second-order valence-electron chi connectivity index (χ2n) is 5.54. The van der Waals surface area contributed by atoms with Gasteiger partial charge < -0.3 is 10.5 Å². The van der Waals surface area contributed by atoms with Crippen molar-refractivity contribution in [3.63, 3.8) is 0 Å². The van der Waals surface area contributed by atoms with E-state index in [9.17, 15) is 0 Å². The fourth-order valence-corrected chi connectivity index (χ4v) is 2.37. The number of unbranched alkanes of at least 4 members (excludes halogenated alkanes) is 10. The number of ether oxygens (including phenoxy) is 1. The molecule has 0 heterocycles. The van der Waals surface area contributed by atoms with Gasteiger partial charge in [0.15, 0.2) is 0 Å². The third-order valence-corrected chi connectivity index (χ3v) is 3.56. The molecule has 0 aromatic heterocycles. The van der Waals surface area contributed by atoms with Gasteiger partial charge in [-0.2, -0.15) is 0 Å². The number of nitrogens with two attached hydrogens (primary N) is 1. The van der Waals surface area contributed by atoms with E-state index in [-0.39, 0.29) is 6.04 Å². The van der Waals surface area contributed by atoms with Crippen molar-refractivity contribution in [2.75, 3.05) is 13.7 Å². The topological polar surface area (TPSA) is 35.2 Å². The molecule has 0 amide bonds. The molecule has 0 aliphatic heterocycles. The maximum absolute atomic E-state index is 5.88. The van der Waals surface area contributed by atoms with Crippen molar-refractivity contribution in [3.8, 4) is 0 Å². The molecule has 18 heavy (non-hydrogen) atoms. The average Bonchev–Trinajstić information content (AvgIpc) is 2.36. The highest BCUT2D eigenvalue weighted by molar-refractivity contribution is 4.59. The van der Waals surface area contributed by atoms with Crippen LogP contribution in [0.15, 0.2) is 0 Å². The Morgan fingerprint density at radius 2 is 1.22 bits per heavy atom. The lowest BCUT2D eigenvalue weighted by Crippen LogP contribution is -2.25. The summed E-state index contributed by atoms with van der Waals surface area (Å²) in [5, 5.41) is 0. The Morgan fingerprint density at radius 3 is 1.67 bits per heavy atom. The normalized spacial score (nSPS) is 12.8. The van der Waals surface area contributed by atoms with E-state index in [1.165, 1.54) is 70.6 Å². The van der Waals surface area contributed by atoms with Gasteiger partial charge in [0.2, 0.25) is 0 Å². The van der Waals surface area contributed by atoms with E-state index in [2.05, 4.69) is 6.92 Å². The third-order valence-electron chi connectivity index (χ3n) is 3.56. The van der Waals surface area contributed by atoms with E-state index in [1.54, 1.807) is 7.11 Å². The molecule has 0 radical (unpaired) electrons. The van der Waals surface area contributed by atoms with Crippen LogP contribution in [0.2, 0.25) is 0 Å². The highest BCUT2D eigenvalue weighted by Crippen LogP contribution is 2.12. The summed E-state index contributed by atoms with van der Waals surface area (Å²) in [6.07, 6.45) is 16.5. The van der Waals surface area contributed by atoms with Gasteiger partial charge in [-0.15, -0.1) is 0 Å². The minimum atomic E-state index is 0.244. The van der Waals surface area contributed by atoms with E-state index in [1.807, 2.05) is 0 Å². The molecular weight excluding hydrogens is 222 g/mol. The van der Waals surface area contributed by atoms with Crippen molar-refractivity contribution in [2.24, 2.45) is 5.73 Å². The van der Waals surface area contributed by atoms with Crippen LogP contribution in [0.5, 0.6) is 0 Å². The Morgan fingerprint density at radius 1 is 0.778 bits per heavy atom. The van der Waals surface area contributed by atoms with Gasteiger partial charge in [0, 0.05) is 13.2 Å². The maximum atomic E-state index is 5.88. The number of hydrogen-bond donors (Lipinski definition) is 1. The van der Waals surface area contributed by atoms with Crippen molar-refractivity contribution in [3.05, 3.63) is 0 Å². The first-order valence-electron chi connectivity index (χ1n) is 8.05. The van der Waals surface area contributed by atoms with Crippen LogP contribution in [-0.4, -0.2) is 19.8 Å². The van der Waals surface area contributed by atoms with Gasteiger partial charge in [-0.1, -0.05) is 77.6 Å². The zero-order valence-corrected chi connectivity index (χ0v) is 12.8. The maximum Gasteiger partial charge on any atom is 0.0613 e. The summed E-state index contributed by atoms with van der Waals surface area (Å²) in [6.45, 7) is 2.98. The minimum Gasteiger partial charge on any atom is -0.383 e. The molecule has 0 aliphatic rings. The number of hydrogen-bond acceptors (Lipinski definition) is 2. The second-order valence-corrected chi connectivity index (χ2v) is 5.54. The Balaban J connectivity index is 2.98. The first-order valence-corrected chi connectivity index (χ1v) is 8.05. The molecule has 2 N–H and O–H groups in total. The fourth-order valence-electron chi connectivity index (χ4n) is 2.37. The standard InChI is InChI=1S/C16H35NO/c1-3-4-5-6-7-8-9-10-11-12-13-14-16(17)15-18-2/h16H,3-15,17H2,1-2H3. The molecule has 2 heteroatoms. The summed E-state index contributed by atoms with van der Waals surface area (Å²) in [5.74, 6) is 0. The monoisotopic (exact) mass is 257 g/mol. The summed E-state index contributed by atoms with van der Waals surface area (Å²) in [5.41, 5.74) is 5.88. The smallest absolute Gasteiger partial charge is 0.0613 e. The van der Waals surface area contributed by atoms with Gasteiger partial charge in [0.1, 0.15) is 0 Å². The van der Waals surface area contributed by atoms with Gasteiger partial charge >= 0.3 is 0 Å². The molecule has 0 saturated carbocycles. The van der Waals surface area contributed by atoms with Gasteiger partial charge in [0.05, 0.1) is 6.61 Å². The van der Waals surface area contributed by atoms with E-state index in [0.29, 0.717) is 6.61 Å². The minimum absolute atomic E-state index is 0.244. The van der Waals surface area contributed by atoms with Gasteiger partial charge in [0.25, 0.3) is 0 Å². The van der Waals surface area contributed by atoms with Crippen LogP contribution in [0, 0.1) is 0 Å². The van der Waals surface area contributed by atoms with Crippen LogP contribution in [0.25, 0.3) is 0 Å². The summed E-state index contributed by atoms with van der Waals surface area (Å²) < 4.78 is 5.03. The van der Waals surface area contributed by atoms with Crippen molar-refractivity contribution in [2.45, 2.75) is 90.0 Å². The Hall–Kier alpha value is -0.0800. The van der Waals surface area contributed by atoms with Crippen LogP contribution >= 0.6 is 0 Å². The zero-order valence-electron chi connectivity index (χ0n) is 12.8. The highest BCUT2D eigenvalue weighted by Gasteiger charge is 2.00. The van der Waals surface area contributed by atoms with Crippen molar-refractivity contribution in [1.29, 1.82) is 0 Å². The highest BCUT2D eigenvalue weighted by atomic mass is 16.5. The van der Waals surface area contributed by atoms with E-state index in [4.69, 9.17) is 10.5 Å². The summed E-state index contributed by atoms with van der Waals surface area (Å²) in [6, 6.07) is 0.244. The molecule has 1 atom stereocenters. The van der Waals surface area contributed by atoms with E-state index in [0.717, 1.165) is 6.42 Å². The molecule has 0 aliphatic carbocycles. The van der Waals surface area contributed by atoms with Crippen LogP contribution in [0.4, 0.5) is 0 Å². The quantitative estimate of drug-likeness (QED) is 0.459. The average molecular weight is 257 g/mol. The lowest BCUT2D eigenvalue weighted by Gasteiger charge is -2.09. The van der Waals surface area contributed by atoms with Crippen LogP contribution in [0.3, 0.4) is 0 Å². The first kappa shape index (κ1) is 17.9. The number of rotatable bonds is 14. The Bertz CT molecular complexity index is 150. The van der Waals surface area contributed by atoms with Gasteiger partial charge in [-0.25, -0.2) is 0 Å². The fraction of sp³-hybridized carbons (Fsp3) is 1.00. The van der Waals surface area contributed by atoms with Crippen molar-refractivity contribution >= 4 is 0 Å². The number of methoxy groups -OCH3 is 1. The van der Waals surface area contributed by atoms with E-state index >= 15 is 0 Å². The van der Waals surface area contributed by atoms with Crippen LogP contribution in [-0.2, 0) is 4.74 Å². The van der Waals surface area contributed by atoms with Gasteiger partial charge in [-0.3, -0.25) is 0 Å². The molecule has 0 fully saturated rings. The summed E-state index contributed by atoms with van der Waals surface area (Å²) >= 11 is 0. The largest absolute Gasteiger partial charge is 0.383 e. The molecule has 0 rings (SSSR count). The first-order chi connectivity index (χ1) is 8.81. The molecule has 0 bridgehead atoms. The molecule has 0 spiro atoms. The second kappa shape index (κ2) is 15.0. The molecule has 110 valence electrons. The molecule has 1 unspecified atom stereocenters. The van der Waals surface area contributed by atoms with Crippen LogP contribution in [0.1, 0.15) is 84.0 Å². The zero-order chi connectivity index (χ0) is 13.5. The molecule has 0 aromatic rings. The Kier molecular flexibility index (Phi) is 14.9. The molecular formula is C16H35NO.